The first-order valence-electron chi connectivity index (χ1n) is 8.24. The van der Waals surface area contributed by atoms with Crippen LogP contribution in [0, 0.1) is 13.8 Å². The molecule has 1 atom stereocenters. The number of benzene rings is 1. The van der Waals surface area contributed by atoms with Gasteiger partial charge in [0, 0.05) is 12.0 Å². The third-order valence-electron chi connectivity index (χ3n) is 4.88. The summed E-state index contributed by atoms with van der Waals surface area (Å²) in [5.74, 6) is -0.0515. The Morgan fingerprint density at radius 1 is 1.36 bits per heavy atom. The number of nitrogens with zero attached hydrogens (tertiary/aromatic N) is 2. The second kappa shape index (κ2) is 8.29. The van der Waals surface area contributed by atoms with Crippen LogP contribution in [-0.2, 0) is 10.2 Å². The van der Waals surface area contributed by atoms with E-state index in [-0.39, 0.29) is 41.9 Å². The molecule has 1 unspecified atom stereocenters. The van der Waals surface area contributed by atoms with Crippen LogP contribution in [0.2, 0.25) is 0 Å². The molecule has 2 aromatic rings. The van der Waals surface area contributed by atoms with Gasteiger partial charge < -0.3 is 10.4 Å². The van der Waals surface area contributed by atoms with E-state index in [0.29, 0.717) is 13.1 Å². The first kappa shape index (κ1) is 19.9. The van der Waals surface area contributed by atoms with Gasteiger partial charge in [0.05, 0.1) is 30.2 Å². The summed E-state index contributed by atoms with van der Waals surface area (Å²) in [6.45, 7) is 5.64. The smallest absolute Gasteiger partial charge is 0.238 e. The average molecular weight is 456 g/mol. The van der Waals surface area contributed by atoms with E-state index in [1.807, 2.05) is 32.0 Å². The van der Waals surface area contributed by atoms with Crippen molar-refractivity contribution in [3.05, 3.63) is 47.3 Å². The standard InChI is InChI=1S/C18H24N4O2.HI/c1-13-17(14(2)21-20-13)19-16(24)10-22-9-8-18(11-22,12-23)15-6-4-3-5-7-15;/h3-7,23H,8-12H2,1-2H3,(H,19,24)(H,20,21);1H. The Hall–Kier alpha value is -1.45. The second-order valence-electron chi connectivity index (χ2n) is 6.62. The summed E-state index contributed by atoms with van der Waals surface area (Å²) in [4.78, 5) is 14.5. The molecule has 0 saturated carbocycles. The Labute approximate surface area is 165 Å². The number of aromatic nitrogens is 2. The van der Waals surface area contributed by atoms with E-state index < -0.39 is 0 Å². The molecular formula is C18H25IN4O2. The van der Waals surface area contributed by atoms with Crippen molar-refractivity contribution in [3.63, 3.8) is 0 Å². The average Bonchev–Trinajstić information content (AvgIpc) is 3.15. The number of H-pyrrole nitrogens is 1. The zero-order valence-electron chi connectivity index (χ0n) is 14.6. The van der Waals surface area contributed by atoms with Gasteiger partial charge in [-0.3, -0.25) is 14.8 Å². The van der Waals surface area contributed by atoms with Crippen LogP contribution in [0.5, 0.6) is 0 Å². The highest BCUT2D eigenvalue weighted by molar-refractivity contribution is 14.0. The summed E-state index contributed by atoms with van der Waals surface area (Å²) in [6, 6.07) is 10.1. The quantitative estimate of drug-likeness (QED) is 0.603. The van der Waals surface area contributed by atoms with Crippen LogP contribution in [0.25, 0.3) is 0 Å². The maximum atomic E-state index is 12.3. The molecule has 0 aliphatic carbocycles. The highest BCUT2D eigenvalue weighted by atomic mass is 127. The Balaban J connectivity index is 0.00000225. The molecular weight excluding hydrogens is 431 g/mol. The van der Waals surface area contributed by atoms with E-state index in [1.165, 1.54) is 0 Å². The molecule has 7 heteroatoms. The fraction of sp³-hybridized carbons (Fsp3) is 0.444. The number of amides is 1. The summed E-state index contributed by atoms with van der Waals surface area (Å²) < 4.78 is 0. The number of halogens is 1. The van der Waals surface area contributed by atoms with Gasteiger partial charge in [0.25, 0.3) is 0 Å². The Kier molecular flexibility index (Phi) is 6.59. The molecule has 3 rings (SSSR count). The topological polar surface area (TPSA) is 81.2 Å². The van der Waals surface area contributed by atoms with E-state index in [9.17, 15) is 9.90 Å². The van der Waals surface area contributed by atoms with Gasteiger partial charge in [-0.15, -0.1) is 24.0 Å². The van der Waals surface area contributed by atoms with Crippen molar-refractivity contribution in [1.29, 1.82) is 0 Å². The fourth-order valence-electron chi connectivity index (χ4n) is 3.46. The minimum atomic E-state index is -0.275. The maximum Gasteiger partial charge on any atom is 0.238 e. The number of aromatic amines is 1. The molecule has 1 aromatic heterocycles. The van der Waals surface area contributed by atoms with Gasteiger partial charge >= 0.3 is 0 Å². The molecule has 1 saturated heterocycles. The zero-order chi connectivity index (χ0) is 17.2. The van der Waals surface area contributed by atoms with E-state index >= 15 is 0 Å². The number of likely N-dealkylation sites (tertiary alicyclic amines) is 1. The lowest BCUT2D eigenvalue weighted by Gasteiger charge is -2.27. The van der Waals surface area contributed by atoms with Crippen LogP contribution in [0.1, 0.15) is 23.4 Å². The molecule has 0 spiro atoms. The first-order valence-corrected chi connectivity index (χ1v) is 8.24. The maximum absolute atomic E-state index is 12.3. The monoisotopic (exact) mass is 456 g/mol. The number of carbonyl (C=O) groups excluding carboxylic acids is 1. The van der Waals surface area contributed by atoms with Gasteiger partial charge in [-0.05, 0) is 32.4 Å². The summed E-state index contributed by atoms with van der Waals surface area (Å²) in [7, 11) is 0. The van der Waals surface area contributed by atoms with E-state index in [4.69, 9.17) is 0 Å². The molecule has 0 bridgehead atoms. The van der Waals surface area contributed by atoms with Crippen LogP contribution in [0.3, 0.4) is 0 Å². The number of hydrogen-bond donors (Lipinski definition) is 3. The lowest BCUT2D eigenvalue weighted by molar-refractivity contribution is -0.117. The summed E-state index contributed by atoms with van der Waals surface area (Å²) in [5.41, 5.74) is 3.27. The van der Waals surface area contributed by atoms with Crippen molar-refractivity contribution in [1.82, 2.24) is 15.1 Å². The zero-order valence-corrected chi connectivity index (χ0v) is 16.9. The molecule has 25 heavy (non-hydrogen) atoms. The number of aliphatic hydroxyl groups excluding tert-OH is 1. The molecule has 1 aliphatic heterocycles. The van der Waals surface area contributed by atoms with Gasteiger partial charge in [-0.1, -0.05) is 30.3 Å². The molecule has 3 N–H and O–H groups in total. The highest BCUT2D eigenvalue weighted by Crippen LogP contribution is 2.34. The molecule has 1 aromatic carbocycles. The van der Waals surface area contributed by atoms with E-state index in [1.54, 1.807) is 0 Å². The van der Waals surface area contributed by atoms with E-state index in [2.05, 4.69) is 32.5 Å². The van der Waals surface area contributed by atoms with Crippen molar-refractivity contribution in [2.75, 3.05) is 31.6 Å². The lowest BCUT2D eigenvalue weighted by atomic mass is 9.80. The summed E-state index contributed by atoms with van der Waals surface area (Å²) in [6.07, 6.45) is 0.852. The van der Waals surface area contributed by atoms with Crippen molar-refractivity contribution in [3.8, 4) is 0 Å². The van der Waals surface area contributed by atoms with Gasteiger partial charge in [0.2, 0.25) is 5.91 Å². The van der Waals surface area contributed by atoms with Crippen molar-refractivity contribution >= 4 is 35.6 Å². The van der Waals surface area contributed by atoms with Crippen LogP contribution < -0.4 is 5.32 Å². The second-order valence-corrected chi connectivity index (χ2v) is 6.62. The molecule has 1 aliphatic rings. The number of nitrogens with one attached hydrogen (secondary N) is 2. The molecule has 2 heterocycles. The SMILES string of the molecule is Cc1n[nH]c(C)c1NC(=O)CN1CCC(CO)(c2ccccc2)C1.I. The number of aryl methyl sites for hydroxylation is 2. The largest absolute Gasteiger partial charge is 0.395 e. The van der Waals surface area contributed by atoms with Gasteiger partial charge in [-0.25, -0.2) is 0 Å². The van der Waals surface area contributed by atoms with Crippen LogP contribution in [-0.4, -0.2) is 52.4 Å². The van der Waals surface area contributed by atoms with Gasteiger partial charge in [0.1, 0.15) is 0 Å². The molecule has 0 radical (unpaired) electrons. The highest BCUT2D eigenvalue weighted by Gasteiger charge is 2.39. The van der Waals surface area contributed by atoms with Crippen molar-refractivity contribution < 1.29 is 9.90 Å². The van der Waals surface area contributed by atoms with Gasteiger partial charge in [0.15, 0.2) is 0 Å². The van der Waals surface area contributed by atoms with Crippen LogP contribution >= 0.6 is 24.0 Å². The van der Waals surface area contributed by atoms with Gasteiger partial charge in [-0.2, -0.15) is 5.10 Å². The Bertz CT molecular complexity index is 700. The fourth-order valence-corrected chi connectivity index (χ4v) is 3.46. The number of aliphatic hydroxyl groups is 1. The summed E-state index contributed by atoms with van der Waals surface area (Å²) in [5, 5.41) is 19.9. The third kappa shape index (κ3) is 4.21. The summed E-state index contributed by atoms with van der Waals surface area (Å²) >= 11 is 0. The molecule has 1 fully saturated rings. The predicted molar refractivity (Wildman–Crippen MR) is 108 cm³/mol. The Morgan fingerprint density at radius 2 is 2.08 bits per heavy atom. The van der Waals surface area contributed by atoms with Crippen molar-refractivity contribution in [2.45, 2.75) is 25.7 Å². The third-order valence-corrected chi connectivity index (χ3v) is 4.88. The minimum Gasteiger partial charge on any atom is -0.395 e. The molecule has 136 valence electrons. The Morgan fingerprint density at radius 3 is 2.68 bits per heavy atom. The lowest BCUT2D eigenvalue weighted by Crippen LogP contribution is -2.37. The number of anilines is 1. The first-order chi connectivity index (χ1) is 11.5. The van der Waals surface area contributed by atoms with Crippen LogP contribution in [0.4, 0.5) is 5.69 Å². The number of hydrogen-bond acceptors (Lipinski definition) is 4. The number of rotatable bonds is 5. The minimum absolute atomic E-state index is 0. The number of carbonyl (C=O) groups is 1. The van der Waals surface area contributed by atoms with Crippen LogP contribution in [0.15, 0.2) is 30.3 Å². The molecule has 1 amide bonds. The normalized spacial score (nSPS) is 20.3. The van der Waals surface area contributed by atoms with E-state index in [0.717, 1.165) is 35.6 Å². The predicted octanol–water partition coefficient (Wildman–Crippen LogP) is 2.22. The van der Waals surface area contributed by atoms with Crippen molar-refractivity contribution in [2.24, 2.45) is 0 Å². The molecule has 6 nitrogen and oxygen atoms in total.